The first-order valence-electron chi connectivity index (χ1n) is 8.07. The minimum Gasteiger partial charge on any atom is -0.465 e. The number of carbonyl (C=O) groups excluding carboxylic acids is 1. The van der Waals surface area contributed by atoms with Gasteiger partial charge in [-0.15, -0.1) is 0 Å². The number of carbonyl (C=O) groups is 1. The Morgan fingerprint density at radius 1 is 1.19 bits per heavy atom. The number of esters is 1. The molecule has 2 aromatic rings. The Bertz CT molecular complexity index is 962. The van der Waals surface area contributed by atoms with Crippen LogP contribution >= 0.6 is 0 Å². The van der Waals surface area contributed by atoms with Crippen LogP contribution in [0.25, 0.3) is 0 Å². The third-order valence-corrected chi connectivity index (χ3v) is 5.60. The zero-order valence-electron chi connectivity index (χ0n) is 14.9. The van der Waals surface area contributed by atoms with Crippen molar-refractivity contribution >= 4 is 27.4 Å². The number of sulfonamides is 1. The van der Waals surface area contributed by atoms with Crippen molar-refractivity contribution in [3.8, 4) is 6.07 Å². The van der Waals surface area contributed by atoms with Gasteiger partial charge in [-0.05, 0) is 43.3 Å². The van der Waals surface area contributed by atoms with Crippen LogP contribution in [0, 0.1) is 11.3 Å². The molecule has 140 valence electrons. The van der Waals surface area contributed by atoms with Gasteiger partial charge >= 0.3 is 5.97 Å². The standard InChI is InChI=1S/C19H19N3O4S/c1-3-22(17-7-5-4-6-8-17)27(24,25)18-11-9-16(10-12-18)21-14-15(13-20)19(23)26-2/h4-12,14,21H,3H2,1-2H3/b15-14+. The lowest BCUT2D eigenvalue weighted by molar-refractivity contribution is -0.135. The van der Waals surface area contributed by atoms with E-state index in [4.69, 9.17) is 5.26 Å². The van der Waals surface area contributed by atoms with E-state index in [2.05, 4.69) is 10.1 Å². The monoisotopic (exact) mass is 385 g/mol. The molecule has 27 heavy (non-hydrogen) atoms. The Hall–Kier alpha value is -3.31. The van der Waals surface area contributed by atoms with Crippen molar-refractivity contribution < 1.29 is 17.9 Å². The fraction of sp³-hybridized carbons (Fsp3) is 0.158. The van der Waals surface area contributed by atoms with Crippen LogP contribution < -0.4 is 9.62 Å². The molecule has 0 spiro atoms. The average Bonchev–Trinajstić information content (AvgIpc) is 2.69. The second kappa shape index (κ2) is 8.87. The molecule has 0 saturated heterocycles. The van der Waals surface area contributed by atoms with E-state index in [0.29, 0.717) is 17.9 Å². The molecule has 0 aromatic heterocycles. The van der Waals surface area contributed by atoms with Gasteiger partial charge in [-0.1, -0.05) is 18.2 Å². The quantitative estimate of drug-likeness (QED) is 0.447. The Morgan fingerprint density at radius 2 is 1.81 bits per heavy atom. The van der Waals surface area contributed by atoms with E-state index < -0.39 is 16.0 Å². The molecule has 0 atom stereocenters. The first kappa shape index (κ1) is 20.0. The Labute approximate surface area is 158 Å². The van der Waals surface area contributed by atoms with E-state index >= 15 is 0 Å². The molecule has 0 bridgehead atoms. The summed E-state index contributed by atoms with van der Waals surface area (Å²) < 4.78 is 31.6. The number of nitrogens with one attached hydrogen (secondary N) is 1. The van der Waals surface area contributed by atoms with Crippen LogP contribution in [0.1, 0.15) is 6.92 Å². The van der Waals surface area contributed by atoms with E-state index in [-0.39, 0.29) is 10.5 Å². The second-order valence-electron chi connectivity index (χ2n) is 5.34. The lowest BCUT2D eigenvalue weighted by Crippen LogP contribution is -2.30. The molecule has 0 aliphatic heterocycles. The highest BCUT2D eigenvalue weighted by molar-refractivity contribution is 7.92. The number of benzene rings is 2. The SMILES string of the molecule is CCN(c1ccccc1)S(=O)(=O)c1ccc(N/C=C(\C#N)C(=O)OC)cc1. The van der Waals surface area contributed by atoms with Crippen molar-refractivity contribution in [2.24, 2.45) is 0 Å². The van der Waals surface area contributed by atoms with Crippen molar-refractivity contribution in [2.45, 2.75) is 11.8 Å². The molecule has 8 heteroatoms. The summed E-state index contributed by atoms with van der Waals surface area (Å²) in [4.78, 5) is 11.5. The van der Waals surface area contributed by atoms with Crippen LogP contribution in [0.3, 0.4) is 0 Å². The van der Waals surface area contributed by atoms with Crippen LogP contribution in [0.5, 0.6) is 0 Å². The average molecular weight is 385 g/mol. The van der Waals surface area contributed by atoms with Crippen LogP contribution in [0.2, 0.25) is 0 Å². The molecular formula is C19H19N3O4S. The predicted octanol–water partition coefficient (Wildman–Crippen LogP) is 2.89. The summed E-state index contributed by atoms with van der Waals surface area (Å²) in [5.74, 6) is -0.759. The fourth-order valence-corrected chi connectivity index (χ4v) is 3.81. The lowest BCUT2D eigenvalue weighted by atomic mass is 10.3. The van der Waals surface area contributed by atoms with Gasteiger partial charge in [-0.3, -0.25) is 4.31 Å². The first-order chi connectivity index (χ1) is 12.9. The second-order valence-corrected chi connectivity index (χ2v) is 7.20. The zero-order valence-corrected chi connectivity index (χ0v) is 15.7. The summed E-state index contributed by atoms with van der Waals surface area (Å²) in [5.41, 5.74) is 0.908. The van der Waals surface area contributed by atoms with Crippen LogP contribution in [0.15, 0.2) is 71.3 Å². The van der Waals surface area contributed by atoms with Gasteiger partial charge in [0.25, 0.3) is 10.0 Å². The number of hydrogen-bond donors (Lipinski definition) is 1. The summed E-state index contributed by atoms with van der Waals surface area (Å²) in [5, 5.41) is 11.7. The molecule has 7 nitrogen and oxygen atoms in total. The van der Waals surface area contributed by atoms with E-state index in [1.54, 1.807) is 49.4 Å². The van der Waals surface area contributed by atoms with Gasteiger partial charge in [0.1, 0.15) is 6.07 Å². The normalized spacial score (nSPS) is 11.4. The maximum atomic E-state index is 12.9. The molecule has 0 amide bonds. The summed E-state index contributed by atoms with van der Waals surface area (Å²) >= 11 is 0. The highest BCUT2D eigenvalue weighted by atomic mass is 32.2. The molecule has 0 heterocycles. The van der Waals surface area contributed by atoms with Crippen molar-refractivity contribution in [3.05, 3.63) is 66.4 Å². The highest BCUT2D eigenvalue weighted by Gasteiger charge is 2.23. The molecule has 0 unspecified atom stereocenters. The minimum absolute atomic E-state index is 0.135. The first-order valence-corrected chi connectivity index (χ1v) is 9.51. The summed E-state index contributed by atoms with van der Waals surface area (Å²) in [6.07, 6.45) is 1.21. The van der Waals surface area contributed by atoms with Crippen LogP contribution in [0.4, 0.5) is 11.4 Å². The fourth-order valence-electron chi connectivity index (χ4n) is 2.34. The number of hydrogen-bond acceptors (Lipinski definition) is 6. The van der Waals surface area contributed by atoms with Crippen molar-refractivity contribution in [3.63, 3.8) is 0 Å². The van der Waals surface area contributed by atoms with Gasteiger partial charge in [-0.2, -0.15) is 5.26 Å². The van der Waals surface area contributed by atoms with Gasteiger partial charge in [-0.25, -0.2) is 13.2 Å². The van der Waals surface area contributed by atoms with Crippen molar-refractivity contribution in [1.82, 2.24) is 0 Å². The molecule has 0 radical (unpaired) electrons. The number of ether oxygens (including phenoxy) is 1. The van der Waals surface area contributed by atoms with E-state index in [0.717, 1.165) is 0 Å². The molecular weight excluding hydrogens is 366 g/mol. The number of nitrogens with zero attached hydrogens (tertiary/aromatic N) is 2. The van der Waals surface area contributed by atoms with Crippen molar-refractivity contribution in [1.29, 1.82) is 5.26 Å². The van der Waals surface area contributed by atoms with Crippen molar-refractivity contribution in [2.75, 3.05) is 23.3 Å². The van der Waals surface area contributed by atoms with E-state index in [9.17, 15) is 13.2 Å². The maximum Gasteiger partial charge on any atom is 0.350 e. The van der Waals surface area contributed by atoms with Gasteiger partial charge in [0.15, 0.2) is 5.57 Å². The zero-order chi connectivity index (χ0) is 19.9. The Balaban J connectivity index is 2.24. The number of rotatable bonds is 7. The highest BCUT2D eigenvalue weighted by Crippen LogP contribution is 2.24. The predicted molar refractivity (Wildman–Crippen MR) is 102 cm³/mol. The minimum atomic E-state index is -3.71. The van der Waals surface area contributed by atoms with Gasteiger partial charge in [0, 0.05) is 18.4 Å². The van der Waals surface area contributed by atoms with E-state index in [1.165, 1.54) is 29.7 Å². The molecule has 2 aromatic carbocycles. The van der Waals surface area contributed by atoms with Gasteiger partial charge in [0.2, 0.25) is 0 Å². The Kier molecular flexibility index (Phi) is 6.57. The molecule has 0 aliphatic rings. The number of nitriles is 1. The number of para-hydroxylation sites is 1. The Morgan fingerprint density at radius 3 is 2.33 bits per heavy atom. The maximum absolute atomic E-state index is 12.9. The third-order valence-electron chi connectivity index (χ3n) is 3.68. The number of methoxy groups -OCH3 is 1. The molecule has 0 aliphatic carbocycles. The topological polar surface area (TPSA) is 99.5 Å². The lowest BCUT2D eigenvalue weighted by Gasteiger charge is -2.23. The molecule has 2 rings (SSSR count). The molecule has 0 saturated carbocycles. The summed E-state index contributed by atoms with van der Waals surface area (Å²) in [7, 11) is -2.53. The summed E-state index contributed by atoms with van der Waals surface area (Å²) in [6.45, 7) is 2.06. The molecule has 1 N–H and O–H groups in total. The largest absolute Gasteiger partial charge is 0.465 e. The molecule has 0 fully saturated rings. The smallest absolute Gasteiger partial charge is 0.350 e. The number of anilines is 2. The van der Waals surface area contributed by atoms with Crippen LogP contribution in [-0.4, -0.2) is 28.0 Å². The van der Waals surface area contributed by atoms with Gasteiger partial charge < -0.3 is 10.1 Å². The van der Waals surface area contributed by atoms with E-state index in [1.807, 2.05) is 6.07 Å². The summed E-state index contributed by atoms with van der Waals surface area (Å²) in [6, 6.07) is 16.6. The third kappa shape index (κ3) is 4.65. The van der Waals surface area contributed by atoms with Gasteiger partial charge in [0.05, 0.1) is 17.7 Å². The van der Waals surface area contributed by atoms with Crippen LogP contribution in [-0.2, 0) is 19.6 Å².